The van der Waals surface area contributed by atoms with Gasteiger partial charge >= 0.3 is 12.1 Å². The molecule has 0 heterocycles. The van der Waals surface area contributed by atoms with Crippen LogP contribution in [0.15, 0.2) is 12.3 Å². The SMILES string of the molecule is C=C(C)NC(=O)NC(=O)OC. The summed E-state index contributed by atoms with van der Waals surface area (Å²) >= 11 is 0. The highest BCUT2D eigenvalue weighted by atomic mass is 16.5. The van der Waals surface area contributed by atoms with Gasteiger partial charge in [0.25, 0.3) is 0 Å². The highest BCUT2D eigenvalue weighted by Crippen LogP contribution is 1.78. The van der Waals surface area contributed by atoms with Crippen molar-refractivity contribution in [1.82, 2.24) is 10.6 Å². The van der Waals surface area contributed by atoms with Crippen molar-refractivity contribution in [1.29, 1.82) is 0 Å². The molecule has 0 saturated carbocycles. The van der Waals surface area contributed by atoms with E-state index < -0.39 is 12.1 Å². The molecular weight excluding hydrogens is 148 g/mol. The van der Waals surface area contributed by atoms with Crippen molar-refractivity contribution in [2.24, 2.45) is 0 Å². The van der Waals surface area contributed by atoms with Crippen LogP contribution in [0.5, 0.6) is 0 Å². The number of hydrogen-bond acceptors (Lipinski definition) is 3. The molecule has 0 aromatic rings. The summed E-state index contributed by atoms with van der Waals surface area (Å²) in [5, 5.41) is 4.15. The van der Waals surface area contributed by atoms with Crippen molar-refractivity contribution in [3.8, 4) is 0 Å². The molecule has 0 bridgehead atoms. The molecule has 0 aliphatic rings. The average molecular weight is 158 g/mol. The van der Waals surface area contributed by atoms with Crippen LogP contribution in [0.25, 0.3) is 0 Å². The van der Waals surface area contributed by atoms with Gasteiger partial charge in [-0.2, -0.15) is 0 Å². The van der Waals surface area contributed by atoms with Gasteiger partial charge in [-0.15, -0.1) is 0 Å². The highest BCUT2D eigenvalue weighted by molar-refractivity contribution is 5.91. The summed E-state index contributed by atoms with van der Waals surface area (Å²) in [5.74, 6) is 0. The van der Waals surface area contributed by atoms with Crippen LogP contribution in [-0.2, 0) is 4.74 Å². The molecule has 0 aromatic carbocycles. The Kier molecular flexibility index (Phi) is 3.72. The Hall–Kier alpha value is -1.52. The largest absolute Gasteiger partial charge is 0.453 e. The number of amides is 3. The van der Waals surface area contributed by atoms with Crippen molar-refractivity contribution in [2.75, 3.05) is 7.11 Å². The van der Waals surface area contributed by atoms with Crippen LogP contribution in [0, 0.1) is 0 Å². The summed E-state index contributed by atoms with van der Waals surface area (Å²) in [6.45, 7) is 5.00. The first-order valence-electron chi connectivity index (χ1n) is 2.87. The number of imide groups is 1. The molecule has 0 aliphatic heterocycles. The first kappa shape index (κ1) is 9.48. The third-order valence-electron chi connectivity index (χ3n) is 0.728. The molecule has 0 saturated heterocycles. The lowest BCUT2D eigenvalue weighted by molar-refractivity contribution is 0.171. The maximum absolute atomic E-state index is 10.6. The van der Waals surface area contributed by atoms with E-state index in [2.05, 4.69) is 16.6 Å². The maximum Gasteiger partial charge on any atom is 0.415 e. The number of allylic oxidation sites excluding steroid dienone is 1. The standard InChI is InChI=1S/C6H10N2O3/c1-4(2)7-5(9)8-6(10)11-3/h1H2,2-3H3,(H2,7,8,9,10). The van der Waals surface area contributed by atoms with Gasteiger partial charge in [-0.1, -0.05) is 6.58 Å². The van der Waals surface area contributed by atoms with Crippen LogP contribution in [0.3, 0.4) is 0 Å². The number of nitrogens with one attached hydrogen (secondary N) is 2. The number of methoxy groups -OCH3 is 1. The number of alkyl carbamates (subject to hydrolysis) is 1. The molecule has 0 fully saturated rings. The van der Waals surface area contributed by atoms with E-state index in [-0.39, 0.29) is 0 Å². The molecule has 0 unspecified atom stereocenters. The van der Waals surface area contributed by atoms with E-state index in [1.807, 2.05) is 5.32 Å². The molecular formula is C6H10N2O3. The molecule has 62 valence electrons. The lowest BCUT2D eigenvalue weighted by Gasteiger charge is -2.03. The third-order valence-corrected chi connectivity index (χ3v) is 0.728. The fourth-order valence-electron chi connectivity index (χ4n) is 0.369. The first-order valence-corrected chi connectivity index (χ1v) is 2.87. The molecule has 11 heavy (non-hydrogen) atoms. The molecule has 0 aromatic heterocycles. The summed E-state index contributed by atoms with van der Waals surface area (Å²) in [5.41, 5.74) is 0.450. The Labute approximate surface area is 64.4 Å². The minimum Gasteiger partial charge on any atom is -0.453 e. The minimum absolute atomic E-state index is 0.450. The smallest absolute Gasteiger partial charge is 0.415 e. The monoisotopic (exact) mass is 158 g/mol. The van der Waals surface area contributed by atoms with Crippen molar-refractivity contribution in [3.63, 3.8) is 0 Å². The van der Waals surface area contributed by atoms with Gasteiger partial charge in [0.1, 0.15) is 0 Å². The number of ether oxygens (including phenoxy) is 1. The zero-order valence-electron chi connectivity index (χ0n) is 6.43. The van der Waals surface area contributed by atoms with Gasteiger partial charge in [0.05, 0.1) is 7.11 Å². The number of rotatable bonds is 1. The molecule has 0 rings (SSSR count). The minimum atomic E-state index is -0.802. The average Bonchev–Trinajstić information content (AvgIpc) is 1.85. The van der Waals surface area contributed by atoms with Gasteiger partial charge < -0.3 is 10.1 Å². The Balaban J connectivity index is 3.70. The van der Waals surface area contributed by atoms with Crippen LogP contribution < -0.4 is 10.6 Å². The zero-order chi connectivity index (χ0) is 8.85. The van der Waals surface area contributed by atoms with Crippen LogP contribution in [0.1, 0.15) is 6.92 Å². The Morgan fingerprint density at radius 2 is 1.91 bits per heavy atom. The van der Waals surface area contributed by atoms with Crippen molar-refractivity contribution in [3.05, 3.63) is 12.3 Å². The number of urea groups is 1. The quantitative estimate of drug-likeness (QED) is 0.586. The van der Waals surface area contributed by atoms with Gasteiger partial charge in [0.2, 0.25) is 0 Å². The number of carbonyl (C=O) groups excluding carboxylic acids is 2. The summed E-state index contributed by atoms with van der Waals surface area (Å²) in [7, 11) is 1.17. The second kappa shape index (κ2) is 4.32. The fraction of sp³-hybridized carbons (Fsp3) is 0.333. The van der Waals surface area contributed by atoms with Crippen LogP contribution in [0.2, 0.25) is 0 Å². The van der Waals surface area contributed by atoms with Gasteiger partial charge in [-0.3, -0.25) is 0 Å². The Morgan fingerprint density at radius 1 is 1.36 bits per heavy atom. The highest BCUT2D eigenvalue weighted by Gasteiger charge is 2.04. The molecule has 0 aliphatic carbocycles. The first-order chi connectivity index (χ1) is 5.06. The normalized spacial score (nSPS) is 8.18. The zero-order valence-corrected chi connectivity index (χ0v) is 6.43. The molecule has 5 heteroatoms. The van der Waals surface area contributed by atoms with Crippen molar-refractivity contribution in [2.45, 2.75) is 6.92 Å². The van der Waals surface area contributed by atoms with E-state index in [0.29, 0.717) is 5.70 Å². The molecule has 0 atom stereocenters. The van der Waals surface area contributed by atoms with E-state index in [1.54, 1.807) is 6.92 Å². The van der Waals surface area contributed by atoms with Gasteiger partial charge in [-0.25, -0.2) is 14.9 Å². The van der Waals surface area contributed by atoms with E-state index in [9.17, 15) is 9.59 Å². The van der Waals surface area contributed by atoms with E-state index >= 15 is 0 Å². The fourth-order valence-corrected chi connectivity index (χ4v) is 0.369. The molecule has 0 radical (unpaired) electrons. The van der Waals surface area contributed by atoms with Crippen LogP contribution >= 0.6 is 0 Å². The predicted molar refractivity (Wildman–Crippen MR) is 38.9 cm³/mol. The van der Waals surface area contributed by atoms with Crippen LogP contribution in [0.4, 0.5) is 9.59 Å². The lowest BCUT2D eigenvalue weighted by atomic mass is 10.6. The second-order valence-corrected chi connectivity index (χ2v) is 1.85. The predicted octanol–water partition coefficient (Wildman–Crippen LogP) is 0.586. The molecule has 3 amide bonds. The summed E-state index contributed by atoms with van der Waals surface area (Å²) in [6.07, 6.45) is -0.802. The van der Waals surface area contributed by atoms with Gasteiger partial charge in [0.15, 0.2) is 0 Å². The van der Waals surface area contributed by atoms with E-state index in [1.165, 1.54) is 7.11 Å². The molecule has 2 N–H and O–H groups in total. The van der Waals surface area contributed by atoms with Crippen LogP contribution in [-0.4, -0.2) is 19.2 Å². The topological polar surface area (TPSA) is 67.4 Å². The number of hydrogen-bond donors (Lipinski definition) is 2. The second-order valence-electron chi connectivity index (χ2n) is 1.85. The third kappa shape index (κ3) is 4.95. The summed E-state index contributed by atoms with van der Waals surface area (Å²) < 4.78 is 4.16. The summed E-state index contributed by atoms with van der Waals surface area (Å²) in [6, 6.07) is -0.649. The van der Waals surface area contributed by atoms with Crippen molar-refractivity contribution >= 4 is 12.1 Å². The molecule has 5 nitrogen and oxygen atoms in total. The van der Waals surface area contributed by atoms with E-state index in [4.69, 9.17) is 0 Å². The maximum atomic E-state index is 10.6. The van der Waals surface area contributed by atoms with E-state index in [0.717, 1.165) is 0 Å². The Bertz CT molecular complexity index is 188. The number of carbonyl (C=O) groups is 2. The summed E-state index contributed by atoms with van der Waals surface area (Å²) in [4.78, 5) is 21.0. The van der Waals surface area contributed by atoms with Gasteiger partial charge in [-0.05, 0) is 6.92 Å². The van der Waals surface area contributed by atoms with Gasteiger partial charge in [0, 0.05) is 5.70 Å². The van der Waals surface area contributed by atoms with Crippen molar-refractivity contribution < 1.29 is 14.3 Å². The lowest BCUT2D eigenvalue weighted by Crippen LogP contribution is -2.38. The Morgan fingerprint density at radius 3 is 2.27 bits per heavy atom. The molecule has 0 spiro atoms.